The van der Waals surface area contributed by atoms with E-state index in [1.54, 1.807) is 0 Å². The van der Waals surface area contributed by atoms with Crippen LogP contribution < -0.4 is 0 Å². The molecule has 0 N–H and O–H groups in total. The van der Waals surface area contributed by atoms with Crippen molar-refractivity contribution in [1.82, 2.24) is 0 Å². The smallest absolute Gasteiger partial charge is 0.0229 e. The van der Waals surface area contributed by atoms with Crippen LogP contribution in [0.3, 0.4) is 0 Å². The molecular formula is C7H9N. The van der Waals surface area contributed by atoms with E-state index in [0.29, 0.717) is 5.41 Å². The summed E-state index contributed by atoms with van der Waals surface area (Å²) in [6.45, 7) is 2.28. The van der Waals surface area contributed by atoms with Crippen molar-refractivity contribution >= 4 is 6.21 Å². The summed E-state index contributed by atoms with van der Waals surface area (Å²) in [6.07, 6.45) is 7.48. The number of aliphatic imine (C=N–C) groups is 1. The molecule has 2 unspecified atom stereocenters. The van der Waals surface area contributed by atoms with Gasteiger partial charge in [-0.15, -0.1) is 0 Å². The molecule has 2 atom stereocenters. The molecule has 0 aromatic carbocycles. The van der Waals surface area contributed by atoms with Gasteiger partial charge in [-0.1, -0.05) is 13.0 Å². The van der Waals surface area contributed by atoms with Crippen LogP contribution in [-0.2, 0) is 0 Å². The third kappa shape index (κ3) is 0.391. The van der Waals surface area contributed by atoms with Crippen molar-refractivity contribution in [1.29, 1.82) is 0 Å². The summed E-state index contributed by atoms with van der Waals surface area (Å²) in [7, 11) is 0. The van der Waals surface area contributed by atoms with Crippen LogP contribution in [0.15, 0.2) is 17.3 Å². The minimum Gasteiger partial charge on any atom is -0.269 e. The van der Waals surface area contributed by atoms with Crippen LogP contribution in [0.5, 0.6) is 0 Å². The lowest BCUT2D eigenvalue weighted by atomic mass is 10.1. The van der Waals surface area contributed by atoms with Crippen LogP contribution in [0.1, 0.15) is 13.3 Å². The molecule has 1 heteroatoms. The molecule has 0 spiro atoms. The second kappa shape index (κ2) is 1.04. The predicted octanol–water partition coefficient (Wildman–Crippen LogP) is 1.61. The topological polar surface area (TPSA) is 12.4 Å². The molecule has 2 rings (SSSR count). The molecule has 1 aliphatic carbocycles. The summed E-state index contributed by atoms with van der Waals surface area (Å²) in [5.74, 6) is 0.771. The zero-order valence-corrected chi connectivity index (χ0v) is 4.96. The van der Waals surface area contributed by atoms with Crippen molar-refractivity contribution in [3.63, 3.8) is 0 Å². The fraction of sp³-hybridized carbons (Fsp3) is 0.571. The van der Waals surface area contributed by atoms with Gasteiger partial charge in [-0.3, -0.25) is 4.99 Å². The van der Waals surface area contributed by atoms with Crippen molar-refractivity contribution in [2.75, 3.05) is 0 Å². The molecule has 1 heterocycles. The Labute approximate surface area is 49.1 Å². The van der Waals surface area contributed by atoms with Crippen LogP contribution in [0.2, 0.25) is 0 Å². The second-order valence-corrected chi connectivity index (χ2v) is 2.93. The minimum absolute atomic E-state index is 0.516. The number of rotatable bonds is 0. The predicted molar refractivity (Wildman–Crippen MR) is 33.8 cm³/mol. The molecule has 42 valence electrons. The van der Waals surface area contributed by atoms with E-state index in [-0.39, 0.29) is 0 Å². The van der Waals surface area contributed by atoms with Gasteiger partial charge in [-0.2, -0.15) is 0 Å². The monoisotopic (exact) mass is 107 g/mol. The molecule has 0 bridgehead atoms. The number of hydrogen-bond donors (Lipinski definition) is 0. The van der Waals surface area contributed by atoms with Gasteiger partial charge in [0.2, 0.25) is 0 Å². The second-order valence-electron chi connectivity index (χ2n) is 2.93. The summed E-state index contributed by atoms with van der Waals surface area (Å²) < 4.78 is 0. The van der Waals surface area contributed by atoms with Crippen molar-refractivity contribution in [2.45, 2.75) is 13.3 Å². The normalized spacial score (nSPS) is 48.9. The third-order valence-electron chi connectivity index (χ3n) is 2.15. The quantitative estimate of drug-likeness (QED) is 0.446. The molecule has 0 amide bonds. The molecule has 1 nitrogen and oxygen atoms in total. The number of allylic oxidation sites excluding steroid dienone is 1. The summed E-state index contributed by atoms with van der Waals surface area (Å²) in [5, 5.41) is 0. The SMILES string of the molecule is CC12C=CN=CC1C2. The first-order valence-electron chi connectivity index (χ1n) is 3.02. The first kappa shape index (κ1) is 4.30. The van der Waals surface area contributed by atoms with Gasteiger partial charge in [0.25, 0.3) is 0 Å². The highest BCUT2D eigenvalue weighted by Gasteiger charge is 2.47. The van der Waals surface area contributed by atoms with Crippen LogP contribution in [-0.4, -0.2) is 6.21 Å². The maximum atomic E-state index is 4.04. The number of fused-ring (bicyclic) bond motifs is 1. The molecule has 1 saturated carbocycles. The molecule has 0 radical (unpaired) electrons. The largest absolute Gasteiger partial charge is 0.269 e. The Morgan fingerprint density at radius 3 is 3.12 bits per heavy atom. The molecule has 0 saturated heterocycles. The standard InChI is InChI=1S/C7H9N/c1-7-2-3-8-5-6(7)4-7/h2-3,5-6H,4H2,1H3. The van der Waals surface area contributed by atoms with E-state index in [1.165, 1.54) is 6.42 Å². The van der Waals surface area contributed by atoms with E-state index in [1.807, 2.05) is 6.20 Å². The zero-order chi connectivity index (χ0) is 5.61. The van der Waals surface area contributed by atoms with E-state index in [0.717, 1.165) is 5.92 Å². The van der Waals surface area contributed by atoms with Crippen molar-refractivity contribution < 1.29 is 0 Å². The molecule has 1 aliphatic heterocycles. The van der Waals surface area contributed by atoms with Gasteiger partial charge >= 0.3 is 0 Å². The Kier molecular flexibility index (Phi) is 0.561. The number of nitrogens with zero attached hydrogens (tertiary/aromatic N) is 1. The average molecular weight is 107 g/mol. The van der Waals surface area contributed by atoms with Crippen LogP contribution >= 0.6 is 0 Å². The first-order valence-corrected chi connectivity index (χ1v) is 3.02. The molecular weight excluding hydrogens is 98.1 g/mol. The summed E-state index contributed by atoms with van der Waals surface area (Å²) in [5.41, 5.74) is 0.516. The van der Waals surface area contributed by atoms with Gasteiger partial charge in [0.05, 0.1) is 0 Å². The zero-order valence-electron chi connectivity index (χ0n) is 4.96. The highest BCUT2D eigenvalue weighted by Crippen LogP contribution is 2.53. The summed E-state index contributed by atoms with van der Waals surface area (Å²) >= 11 is 0. The van der Waals surface area contributed by atoms with Crippen LogP contribution in [0.4, 0.5) is 0 Å². The molecule has 2 aliphatic rings. The molecule has 0 aromatic rings. The average Bonchev–Trinajstić information content (AvgIpc) is 2.39. The van der Waals surface area contributed by atoms with Crippen molar-refractivity contribution in [2.24, 2.45) is 16.3 Å². The Bertz CT molecular complexity index is 169. The maximum absolute atomic E-state index is 4.04. The van der Waals surface area contributed by atoms with Gasteiger partial charge in [0.1, 0.15) is 0 Å². The van der Waals surface area contributed by atoms with Gasteiger partial charge in [-0.25, -0.2) is 0 Å². The molecule has 1 fully saturated rings. The lowest BCUT2D eigenvalue weighted by Gasteiger charge is -2.01. The van der Waals surface area contributed by atoms with Gasteiger partial charge in [-0.05, 0) is 11.8 Å². The van der Waals surface area contributed by atoms with E-state index in [9.17, 15) is 0 Å². The fourth-order valence-electron chi connectivity index (χ4n) is 1.20. The van der Waals surface area contributed by atoms with Gasteiger partial charge in [0.15, 0.2) is 0 Å². The molecule has 0 aromatic heterocycles. The van der Waals surface area contributed by atoms with E-state index >= 15 is 0 Å². The highest BCUT2D eigenvalue weighted by atomic mass is 14.7. The van der Waals surface area contributed by atoms with Gasteiger partial charge < -0.3 is 0 Å². The van der Waals surface area contributed by atoms with Gasteiger partial charge in [0, 0.05) is 18.3 Å². The summed E-state index contributed by atoms with van der Waals surface area (Å²) in [6, 6.07) is 0. The Morgan fingerprint density at radius 1 is 1.75 bits per heavy atom. The molecule has 8 heavy (non-hydrogen) atoms. The van der Waals surface area contributed by atoms with Crippen molar-refractivity contribution in [3.05, 3.63) is 12.3 Å². The van der Waals surface area contributed by atoms with E-state index < -0.39 is 0 Å². The Balaban J connectivity index is 2.33. The Hall–Kier alpha value is -0.590. The highest BCUT2D eigenvalue weighted by molar-refractivity contribution is 5.69. The summed E-state index contributed by atoms with van der Waals surface area (Å²) in [4.78, 5) is 4.04. The Morgan fingerprint density at radius 2 is 2.62 bits per heavy atom. The number of hydrogen-bond acceptors (Lipinski definition) is 1. The lowest BCUT2D eigenvalue weighted by molar-refractivity contribution is 0.706. The van der Waals surface area contributed by atoms with Crippen LogP contribution in [0, 0.1) is 11.3 Å². The van der Waals surface area contributed by atoms with E-state index in [4.69, 9.17) is 0 Å². The first-order chi connectivity index (χ1) is 3.81. The fourth-order valence-corrected chi connectivity index (χ4v) is 1.20. The van der Waals surface area contributed by atoms with Crippen molar-refractivity contribution in [3.8, 4) is 0 Å². The van der Waals surface area contributed by atoms with Crippen LogP contribution in [0.25, 0.3) is 0 Å². The third-order valence-corrected chi connectivity index (χ3v) is 2.15. The minimum atomic E-state index is 0.516. The van der Waals surface area contributed by atoms with E-state index in [2.05, 4.69) is 24.2 Å². The lowest BCUT2D eigenvalue weighted by Crippen LogP contribution is -1.96. The maximum Gasteiger partial charge on any atom is 0.0229 e.